The van der Waals surface area contributed by atoms with Gasteiger partial charge in [-0.25, -0.2) is 0 Å². The fourth-order valence-corrected chi connectivity index (χ4v) is 3.73. The van der Waals surface area contributed by atoms with Crippen molar-refractivity contribution in [2.45, 2.75) is 57.2 Å². The lowest BCUT2D eigenvalue weighted by Gasteiger charge is -2.30. The van der Waals surface area contributed by atoms with E-state index in [4.69, 9.17) is 0 Å². The van der Waals surface area contributed by atoms with Crippen LogP contribution in [0.4, 0.5) is 0 Å². The van der Waals surface area contributed by atoms with Gasteiger partial charge in [0.1, 0.15) is 0 Å². The van der Waals surface area contributed by atoms with Crippen molar-refractivity contribution in [3.8, 4) is 0 Å². The van der Waals surface area contributed by atoms with Gasteiger partial charge < -0.3 is 10.6 Å². The number of hydrogen-bond donors (Lipinski definition) is 2. The van der Waals surface area contributed by atoms with E-state index in [2.05, 4.69) is 33.4 Å². The zero-order valence-electron chi connectivity index (χ0n) is 11.3. The first kappa shape index (κ1) is 12.2. The highest BCUT2D eigenvalue weighted by Crippen LogP contribution is 2.36. The average molecular weight is 248 g/mol. The largest absolute Gasteiger partial charge is 0.312 e. The van der Waals surface area contributed by atoms with E-state index in [1.165, 1.54) is 37.9 Å². The smallest absolute Gasteiger partial charge is 0.0492 e. The lowest BCUT2D eigenvalue weighted by molar-refractivity contribution is 0.322. The fourth-order valence-electron chi connectivity index (χ4n) is 3.73. The van der Waals surface area contributed by atoms with Crippen molar-refractivity contribution in [1.29, 1.82) is 0 Å². The highest BCUT2D eigenvalue weighted by Gasteiger charge is 2.45. The highest BCUT2D eigenvalue weighted by atomic mass is 15.3. The van der Waals surface area contributed by atoms with E-state index in [1.54, 1.807) is 0 Å². The second-order valence-corrected chi connectivity index (χ2v) is 5.62. The molecule has 2 unspecified atom stereocenters. The lowest BCUT2D eigenvalue weighted by Crippen LogP contribution is -2.50. The Labute approximate surface area is 109 Å². The Bertz CT molecular complexity index is 388. The SMILES string of the molecule is CCn1nccc1CCNC12CCCC1NCC2. The first-order chi connectivity index (χ1) is 8.84. The van der Waals surface area contributed by atoms with Crippen molar-refractivity contribution in [1.82, 2.24) is 20.4 Å². The van der Waals surface area contributed by atoms with Gasteiger partial charge in [0.25, 0.3) is 0 Å². The normalized spacial score (nSPS) is 30.8. The standard InChI is InChI=1S/C14H24N4/c1-2-18-12(6-10-17-18)5-9-16-14-7-3-4-13(14)15-11-8-14/h6,10,13,15-16H,2-5,7-9,11H2,1H3. The zero-order valence-corrected chi connectivity index (χ0v) is 11.3. The third kappa shape index (κ3) is 2.08. The summed E-state index contributed by atoms with van der Waals surface area (Å²) in [4.78, 5) is 0. The summed E-state index contributed by atoms with van der Waals surface area (Å²) in [7, 11) is 0. The van der Waals surface area contributed by atoms with Gasteiger partial charge in [0, 0.05) is 43.0 Å². The molecular weight excluding hydrogens is 224 g/mol. The van der Waals surface area contributed by atoms with Crippen LogP contribution in [0.1, 0.15) is 38.3 Å². The van der Waals surface area contributed by atoms with Gasteiger partial charge >= 0.3 is 0 Å². The van der Waals surface area contributed by atoms with Crippen molar-refractivity contribution in [2.24, 2.45) is 0 Å². The maximum Gasteiger partial charge on any atom is 0.0492 e. The molecule has 4 heteroatoms. The summed E-state index contributed by atoms with van der Waals surface area (Å²) in [6.07, 6.45) is 8.36. The molecule has 18 heavy (non-hydrogen) atoms. The van der Waals surface area contributed by atoms with Gasteiger partial charge in [0.2, 0.25) is 0 Å². The second-order valence-electron chi connectivity index (χ2n) is 5.62. The summed E-state index contributed by atoms with van der Waals surface area (Å²) >= 11 is 0. The molecule has 3 rings (SSSR count). The predicted molar refractivity (Wildman–Crippen MR) is 72.6 cm³/mol. The first-order valence-electron chi connectivity index (χ1n) is 7.33. The van der Waals surface area contributed by atoms with E-state index in [0.29, 0.717) is 11.6 Å². The Kier molecular flexibility index (Phi) is 3.39. The van der Waals surface area contributed by atoms with Crippen molar-refractivity contribution in [3.63, 3.8) is 0 Å². The van der Waals surface area contributed by atoms with Crippen molar-refractivity contribution < 1.29 is 0 Å². The minimum absolute atomic E-state index is 0.400. The highest BCUT2D eigenvalue weighted by molar-refractivity contribution is 5.09. The van der Waals surface area contributed by atoms with Crippen LogP contribution in [0, 0.1) is 0 Å². The van der Waals surface area contributed by atoms with Gasteiger partial charge in [-0.15, -0.1) is 0 Å². The minimum atomic E-state index is 0.400. The number of nitrogens with one attached hydrogen (secondary N) is 2. The quantitative estimate of drug-likeness (QED) is 0.826. The third-order valence-corrected chi connectivity index (χ3v) is 4.71. The van der Waals surface area contributed by atoms with E-state index in [0.717, 1.165) is 19.5 Å². The molecule has 1 aliphatic heterocycles. The van der Waals surface area contributed by atoms with Gasteiger partial charge in [-0.1, -0.05) is 0 Å². The average Bonchev–Trinajstić information content (AvgIpc) is 3.02. The molecule has 4 nitrogen and oxygen atoms in total. The van der Waals surface area contributed by atoms with Crippen LogP contribution in [0.2, 0.25) is 0 Å². The first-order valence-corrected chi connectivity index (χ1v) is 7.33. The Morgan fingerprint density at radius 1 is 1.56 bits per heavy atom. The molecule has 2 heterocycles. The lowest BCUT2D eigenvalue weighted by atomic mass is 9.93. The Morgan fingerprint density at radius 3 is 3.39 bits per heavy atom. The molecule has 1 saturated carbocycles. The number of fused-ring (bicyclic) bond motifs is 1. The molecule has 0 bridgehead atoms. The monoisotopic (exact) mass is 248 g/mol. The molecule has 1 saturated heterocycles. The molecule has 0 aromatic carbocycles. The number of aromatic nitrogens is 2. The maximum atomic E-state index is 4.33. The van der Waals surface area contributed by atoms with E-state index in [-0.39, 0.29) is 0 Å². The van der Waals surface area contributed by atoms with Crippen molar-refractivity contribution in [2.75, 3.05) is 13.1 Å². The summed E-state index contributed by atoms with van der Waals surface area (Å²) in [6, 6.07) is 2.86. The van der Waals surface area contributed by atoms with Gasteiger partial charge in [-0.2, -0.15) is 5.10 Å². The molecule has 2 fully saturated rings. The number of aryl methyl sites for hydroxylation is 1. The number of hydrogen-bond acceptors (Lipinski definition) is 3. The summed E-state index contributed by atoms with van der Waals surface area (Å²) in [5.74, 6) is 0. The molecule has 1 aromatic heterocycles. The van der Waals surface area contributed by atoms with Crippen LogP contribution >= 0.6 is 0 Å². The van der Waals surface area contributed by atoms with Crippen molar-refractivity contribution in [3.05, 3.63) is 18.0 Å². The van der Waals surface area contributed by atoms with E-state index in [1.807, 2.05) is 6.20 Å². The second kappa shape index (κ2) is 5.02. The zero-order chi connectivity index (χ0) is 12.4. The molecule has 2 atom stereocenters. The Hall–Kier alpha value is -0.870. The van der Waals surface area contributed by atoms with Crippen LogP contribution in [0.15, 0.2) is 12.3 Å². The van der Waals surface area contributed by atoms with Gasteiger partial charge in [0.15, 0.2) is 0 Å². The molecule has 0 radical (unpaired) electrons. The molecular formula is C14H24N4. The Balaban J connectivity index is 1.55. The molecule has 2 N–H and O–H groups in total. The Morgan fingerprint density at radius 2 is 2.50 bits per heavy atom. The van der Waals surface area contributed by atoms with Crippen molar-refractivity contribution >= 4 is 0 Å². The summed E-state index contributed by atoms with van der Waals surface area (Å²) in [5, 5.41) is 11.8. The molecule has 1 aliphatic carbocycles. The van der Waals surface area contributed by atoms with E-state index in [9.17, 15) is 0 Å². The maximum absolute atomic E-state index is 4.33. The van der Waals surface area contributed by atoms with Crippen LogP contribution in [0.3, 0.4) is 0 Å². The molecule has 1 aromatic rings. The summed E-state index contributed by atoms with van der Waals surface area (Å²) in [6.45, 7) is 5.38. The summed E-state index contributed by atoms with van der Waals surface area (Å²) < 4.78 is 2.10. The predicted octanol–water partition coefficient (Wildman–Crippen LogP) is 1.32. The van der Waals surface area contributed by atoms with Gasteiger partial charge in [-0.3, -0.25) is 4.68 Å². The molecule has 2 aliphatic rings. The minimum Gasteiger partial charge on any atom is -0.312 e. The summed E-state index contributed by atoms with van der Waals surface area (Å²) in [5.41, 5.74) is 1.75. The van der Waals surface area contributed by atoms with Crippen LogP contribution in [0.5, 0.6) is 0 Å². The fraction of sp³-hybridized carbons (Fsp3) is 0.786. The topological polar surface area (TPSA) is 41.9 Å². The van der Waals surface area contributed by atoms with E-state index >= 15 is 0 Å². The van der Waals surface area contributed by atoms with Crippen LogP contribution in [-0.4, -0.2) is 34.5 Å². The number of rotatable bonds is 5. The third-order valence-electron chi connectivity index (χ3n) is 4.71. The van der Waals surface area contributed by atoms with E-state index < -0.39 is 0 Å². The van der Waals surface area contributed by atoms with Gasteiger partial charge in [-0.05, 0) is 45.2 Å². The van der Waals surface area contributed by atoms with Gasteiger partial charge in [0.05, 0.1) is 0 Å². The molecule has 0 amide bonds. The van der Waals surface area contributed by atoms with Crippen LogP contribution < -0.4 is 10.6 Å². The van der Waals surface area contributed by atoms with Crippen LogP contribution in [-0.2, 0) is 13.0 Å². The molecule has 0 spiro atoms. The van der Waals surface area contributed by atoms with Crippen LogP contribution in [0.25, 0.3) is 0 Å². The molecule has 100 valence electrons. The number of nitrogens with zero attached hydrogens (tertiary/aromatic N) is 2.